The molecule has 120 valence electrons. The molecule has 0 saturated carbocycles. The number of thioether (sulfide) groups is 1. The number of para-hydroxylation sites is 1. The minimum atomic E-state index is 0.00388. The van der Waals surface area contributed by atoms with Crippen LogP contribution in [-0.4, -0.2) is 38.0 Å². The molecule has 0 aliphatic heterocycles. The third-order valence-electron chi connectivity index (χ3n) is 3.67. The maximum Gasteiger partial charge on any atom is 0.230 e. The van der Waals surface area contributed by atoms with Crippen molar-refractivity contribution in [2.24, 2.45) is 7.05 Å². The fourth-order valence-electron chi connectivity index (χ4n) is 2.44. The van der Waals surface area contributed by atoms with E-state index in [1.807, 2.05) is 35.9 Å². The second kappa shape index (κ2) is 6.95. The number of fused-ring (bicyclic) bond motifs is 3. The zero-order chi connectivity index (χ0) is 16.2. The summed E-state index contributed by atoms with van der Waals surface area (Å²) in [7, 11) is 1.96. The van der Waals surface area contributed by atoms with Gasteiger partial charge in [0.05, 0.1) is 11.3 Å². The molecule has 6 nitrogen and oxygen atoms in total. The molecular formula is C16H19N5OS. The fourth-order valence-corrected chi connectivity index (χ4v) is 3.05. The first-order valence-electron chi connectivity index (χ1n) is 7.68. The molecule has 1 N–H and O–H groups in total. The Bertz CT molecular complexity index is 845. The van der Waals surface area contributed by atoms with Crippen LogP contribution < -0.4 is 5.32 Å². The van der Waals surface area contributed by atoms with E-state index >= 15 is 0 Å². The molecule has 0 aliphatic carbocycles. The lowest BCUT2D eigenvalue weighted by Gasteiger charge is -2.03. The first-order valence-corrected chi connectivity index (χ1v) is 8.66. The number of carbonyl (C=O) groups excluding carboxylic acids is 1. The average molecular weight is 329 g/mol. The fraction of sp³-hybridized carbons (Fsp3) is 0.375. The Hall–Kier alpha value is -2.15. The van der Waals surface area contributed by atoms with Crippen LogP contribution in [0.4, 0.5) is 0 Å². The number of nitrogens with zero attached hydrogens (tertiary/aromatic N) is 4. The SMILES string of the molecule is CCCCNC(=O)CSc1nnc2c3ccccc3n(C)c2n1. The highest BCUT2D eigenvalue weighted by Gasteiger charge is 2.13. The summed E-state index contributed by atoms with van der Waals surface area (Å²) in [5, 5.41) is 12.9. The number of hydrogen-bond acceptors (Lipinski definition) is 5. The maximum absolute atomic E-state index is 11.7. The summed E-state index contributed by atoms with van der Waals surface area (Å²) in [6.07, 6.45) is 2.06. The van der Waals surface area contributed by atoms with E-state index in [9.17, 15) is 4.79 Å². The van der Waals surface area contributed by atoms with Crippen LogP contribution in [0.1, 0.15) is 19.8 Å². The molecule has 0 aliphatic rings. The van der Waals surface area contributed by atoms with Crippen LogP contribution >= 0.6 is 11.8 Å². The normalized spacial score (nSPS) is 11.2. The van der Waals surface area contributed by atoms with Crippen LogP contribution in [0.3, 0.4) is 0 Å². The van der Waals surface area contributed by atoms with Gasteiger partial charge in [0.2, 0.25) is 11.1 Å². The minimum Gasteiger partial charge on any atom is -0.355 e. The molecule has 1 amide bonds. The third-order valence-corrected chi connectivity index (χ3v) is 4.51. The van der Waals surface area contributed by atoms with Gasteiger partial charge in [0.25, 0.3) is 0 Å². The Labute approximate surface area is 138 Å². The summed E-state index contributed by atoms with van der Waals surface area (Å²) in [6, 6.07) is 8.02. The molecule has 2 heterocycles. The number of amides is 1. The molecule has 3 rings (SSSR count). The third kappa shape index (κ3) is 3.29. The Morgan fingerprint density at radius 2 is 2.13 bits per heavy atom. The van der Waals surface area contributed by atoms with Crippen molar-refractivity contribution in [3.8, 4) is 0 Å². The molecular weight excluding hydrogens is 310 g/mol. The van der Waals surface area contributed by atoms with Crippen LogP contribution in [0.15, 0.2) is 29.4 Å². The molecule has 0 atom stereocenters. The van der Waals surface area contributed by atoms with E-state index < -0.39 is 0 Å². The smallest absolute Gasteiger partial charge is 0.230 e. The van der Waals surface area contributed by atoms with Crippen LogP contribution in [-0.2, 0) is 11.8 Å². The average Bonchev–Trinajstić information content (AvgIpc) is 2.86. The summed E-state index contributed by atoms with van der Waals surface area (Å²) in [6.45, 7) is 2.82. The van der Waals surface area contributed by atoms with Gasteiger partial charge in [-0.3, -0.25) is 4.79 Å². The van der Waals surface area contributed by atoms with E-state index in [2.05, 4.69) is 27.4 Å². The molecule has 0 fully saturated rings. The van der Waals surface area contributed by atoms with Crippen molar-refractivity contribution < 1.29 is 4.79 Å². The van der Waals surface area contributed by atoms with E-state index in [-0.39, 0.29) is 5.91 Å². The molecule has 3 aromatic rings. The molecule has 7 heteroatoms. The van der Waals surface area contributed by atoms with Gasteiger partial charge >= 0.3 is 0 Å². The van der Waals surface area contributed by atoms with Gasteiger partial charge in [-0.05, 0) is 12.5 Å². The Balaban J connectivity index is 1.77. The molecule has 0 bridgehead atoms. The van der Waals surface area contributed by atoms with E-state index in [1.165, 1.54) is 11.8 Å². The zero-order valence-electron chi connectivity index (χ0n) is 13.2. The molecule has 0 saturated heterocycles. The number of aromatic nitrogens is 4. The second-order valence-corrected chi connectivity index (χ2v) is 6.28. The lowest BCUT2D eigenvalue weighted by atomic mass is 10.2. The summed E-state index contributed by atoms with van der Waals surface area (Å²) < 4.78 is 2.00. The van der Waals surface area contributed by atoms with Gasteiger partial charge in [-0.1, -0.05) is 43.3 Å². The molecule has 1 aromatic carbocycles. The van der Waals surface area contributed by atoms with Gasteiger partial charge in [-0.2, -0.15) is 0 Å². The van der Waals surface area contributed by atoms with Crippen molar-refractivity contribution in [3.05, 3.63) is 24.3 Å². The van der Waals surface area contributed by atoms with Gasteiger partial charge in [0.1, 0.15) is 5.52 Å². The number of hydrogen-bond donors (Lipinski definition) is 1. The molecule has 0 spiro atoms. The monoisotopic (exact) mass is 329 g/mol. The van der Waals surface area contributed by atoms with Crippen LogP contribution in [0.25, 0.3) is 22.1 Å². The number of unbranched alkanes of at least 4 members (excludes halogenated alkanes) is 1. The summed E-state index contributed by atoms with van der Waals surface area (Å²) in [5.74, 6) is 0.310. The van der Waals surface area contributed by atoms with E-state index in [1.54, 1.807) is 0 Å². The van der Waals surface area contributed by atoms with Crippen molar-refractivity contribution in [1.29, 1.82) is 0 Å². The highest BCUT2D eigenvalue weighted by molar-refractivity contribution is 7.99. The van der Waals surface area contributed by atoms with E-state index in [0.717, 1.165) is 41.5 Å². The lowest BCUT2D eigenvalue weighted by molar-refractivity contribution is -0.118. The quantitative estimate of drug-likeness (QED) is 0.556. The largest absolute Gasteiger partial charge is 0.355 e. The number of aryl methyl sites for hydroxylation is 1. The molecule has 0 radical (unpaired) electrons. The first kappa shape index (κ1) is 15.7. The van der Waals surface area contributed by atoms with E-state index in [0.29, 0.717) is 10.9 Å². The lowest BCUT2D eigenvalue weighted by Crippen LogP contribution is -2.26. The van der Waals surface area contributed by atoms with Crippen molar-refractivity contribution in [2.75, 3.05) is 12.3 Å². The second-order valence-electron chi connectivity index (χ2n) is 5.33. The topological polar surface area (TPSA) is 72.7 Å². The van der Waals surface area contributed by atoms with Crippen molar-refractivity contribution >= 4 is 39.7 Å². The number of nitrogens with one attached hydrogen (secondary N) is 1. The van der Waals surface area contributed by atoms with Crippen molar-refractivity contribution in [1.82, 2.24) is 25.1 Å². The number of rotatable bonds is 6. The van der Waals surface area contributed by atoms with Crippen molar-refractivity contribution in [2.45, 2.75) is 24.9 Å². The minimum absolute atomic E-state index is 0.00388. The van der Waals surface area contributed by atoms with Crippen LogP contribution in [0.2, 0.25) is 0 Å². The van der Waals surface area contributed by atoms with Crippen LogP contribution in [0, 0.1) is 0 Å². The van der Waals surface area contributed by atoms with Crippen molar-refractivity contribution in [3.63, 3.8) is 0 Å². The summed E-state index contributed by atoms with van der Waals surface area (Å²) >= 11 is 1.31. The Morgan fingerprint density at radius 1 is 1.30 bits per heavy atom. The number of benzene rings is 1. The predicted molar refractivity (Wildman–Crippen MR) is 92.5 cm³/mol. The maximum atomic E-state index is 11.7. The highest BCUT2D eigenvalue weighted by Crippen LogP contribution is 2.25. The van der Waals surface area contributed by atoms with Gasteiger partial charge < -0.3 is 9.88 Å². The van der Waals surface area contributed by atoms with Gasteiger partial charge in [0.15, 0.2) is 5.65 Å². The highest BCUT2D eigenvalue weighted by atomic mass is 32.2. The Kier molecular flexibility index (Phi) is 4.76. The summed E-state index contributed by atoms with van der Waals surface area (Å²) in [5.41, 5.74) is 2.65. The van der Waals surface area contributed by atoms with Gasteiger partial charge in [0, 0.05) is 19.0 Å². The molecule has 2 aromatic heterocycles. The first-order chi connectivity index (χ1) is 11.2. The zero-order valence-corrected chi connectivity index (χ0v) is 14.1. The molecule has 23 heavy (non-hydrogen) atoms. The summed E-state index contributed by atoms with van der Waals surface area (Å²) in [4.78, 5) is 16.3. The Morgan fingerprint density at radius 3 is 2.96 bits per heavy atom. The standard InChI is InChI=1S/C16H19N5OS/c1-3-4-9-17-13(22)10-23-16-18-15-14(19-20-16)11-7-5-6-8-12(11)21(15)2/h5-8H,3-4,9-10H2,1-2H3,(H,17,22). The number of carbonyl (C=O) groups is 1. The van der Waals surface area contributed by atoms with Gasteiger partial charge in [-0.15, -0.1) is 10.2 Å². The van der Waals surface area contributed by atoms with Gasteiger partial charge in [-0.25, -0.2) is 4.98 Å². The molecule has 0 unspecified atom stereocenters. The van der Waals surface area contributed by atoms with E-state index in [4.69, 9.17) is 0 Å². The van der Waals surface area contributed by atoms with Crippen LogP contribution in [0.5, 0.6) is 0 Å². The predicted octanol–water partition coefficient (Wildman–Crippen LogP) is 2.52.